The van der Waals surface area contributed by atoms with Crippen LogP contribution in [-0.2, 0) is 6.42 Å². The molecule has 1 N–H and O–H groups in total. The van der Waals surface area contributed by atoms with E-state index in [1.807, 2.05) is 12.1 Å². The Bertz CT molecular complexity index is 569. The van der Waals surface area contributed by atoms with E-state index in [2.05, 4.69) is 34.6 Å². The van der Waals surface area contributed by atoms with Gasteiger partial charge in [-0.1, -0.05) is 35.9 Å². The summed E-state index contributed by atoms with van der Waals surface area (Å²) >= 11 is 5.61. The molecule has 0 aliphatic rings. The Balaban J connectivity index is 1.88. The van der Waals surface area contributed by atoms with Gasteiger partial charge in [-0.15, -0.1) is 10.2 Å². The van der Waals surface area contributed by atoms with Gasteiger partial charge in [0.05, 0.1) is 0 Å². The van der Waals surface area contributed by atoms with Crippen LogP contribution in [0.15, 0.2) is 36.4 Å². The maximum absolute atomic E-state index is 11.8. The Labute approximate surface area is 116 Å². The minimum absolute atomic E-state index is 0.238. The van der Waals surface area contributed by atoms with Gasteiger partial charge >= 0.3 is 0 Å². The van der Waals surface area contributed by atoms with E-state index in [0.717, 1.165) is 6.42 Å². The SMILES string of the molecule is Cc1ccccc1CCNC(=O)c1ccc(Cl)nn1. The first-order chi connectivity index (χ1) is 9.16. The first-order valence-corrected chi connectivity index (χ1v) is 6.36. The highest BCUT2D eigenvalue weighted by atomic mass is 35.5. The molecule has 0 aliphatic carbocycles. The average Bonchev–Trinajstić information content (AvgIpc) is 2.41. The first-order valence-electron chi connectivity index (χ1n) is 5.99. The van der Waals surface area contributed by atoms with Crippen molar-refractivity contribution < 1.29 is 4.79 Å². The number of carbonyl (C=O) groups is 1. The summed E-state index contributed by atoms with van der Waals surface area (Å²) in [5, 5.41) is 10.4. The standard InChI is InChI=1S/C14H14ClN3O/c1-10-4-2-3-5-11(10)8-9-16-14(19)12-6-7-13(15)18-17-12/h2-7H,8-9H2,1H3,(H,16,19). The predicted molar refractivity (Wildman–Crippen MR) is 74.3 cm³/mol. The number of amides is 1. The van der Waals surface area contributed by atoms with Crippen molar-refractivity contribution >= 4 is 17.5 Å². The Hall–Kier alpha value is -1.94. The van der Waals surface area contributed by atoms with E-state index in [4.69, 9.17) is 11.6 Å². The van der Waals surface area contributed by atoms with Gasteiger partial charge in [-0.3, -0.25) is 4.79 Å². The van der Waals surface area contributed by atoms with Gasteiger partial charge in [-0.05, 0) is 36.6 Å². The highest BCUT2D eigenvalue weighted by Gasteiger charge is 2.07. The van der Waals surface area contributed by atoms with Crippen LogP contribution in [0.2, 0.25) is 5.15 Å². The number of carbonyl (C=O) groups excluding carboxylic acids is 1. The number of aromatic nitrogens is 2. The van der Waals surface area contributed by atoms with E-state index in [-0.39, 0.29) is 16.8 Å². The fourth-order valence-electron chi connectivity index (χ4n) is 1.73. The number of nitrogens with one attached hydrogen (secondary N) is 1. The zero-order valence-corrected chi connectivity index (χ0v) is 11.3. The van der Waals surface area contributed by atoms with Gasteiger partial charge in [-0.2, -0.15) is 0 Å². The largest absolute Gasteiger partial charge is 0.350 e. The van der Waals surface area contributed by atoms with Crippen LogP contribution in [0.25, 0.3) is 0 Å². The lowest BCUT2D eigenvalue weighted by molar-refractivity contribution is 0.0948. The Morgan fingerprint density at radius 2 is 2.00 bits per heavy atom. The third kappa shape index (κ3) is 3.76. The van der Waals surface area contributed by atoms with Crippen molar-refractivity contribution in [3.8, 4) is 0 Å². The van der Waals surface area contributed by atoms with Gasteiger partial charge in [-0.25, -0.2) is 0 Å². The van der Waals surface area contributed by atoms with Crippen LogP contribution in [0.3, 0.4) is 0 Å². The molecule has 0 atom stereocenters. The monoisotopic (exact) mass is 275 g/mol. The van der Waals surface area contributed by atoms with Crippen LogP contribution in [0, 0.1) is 6.92 Å². The third-order valence-electron chi connectivity index (χ3n) is 2.81. The zero-order valence-electron chi connectivity index (χ0n) is 10.6. The van der Waals surface area contributed by atoms with Crippen molar-refractivity contribution in [2.75, 3.05) is 6.54 Å². The molecule has 19 heavy (non-hydrogen) atoms. The normalized spacial score (nSPS) is 10.2. The van der Waals surface area contributed by atoms with E-state index in [9.17, 15) is 4.79 Å². The van der Waals surface area contributed by atoms with Crippen LogP contribution >= 0.6 is 11.6 Å². The molecular formula is C14H14ClN3O. The summed E-state index contributed by atoms with van der Waals surface area (Å²) in [7, 11) is 0. The van der Waals surface area contributed by atoms with Crippen LogP contribution < -0.4 is 5.32 Å². The predicted octanol–water partition coefficient (Wildman–Crippen LogP) is 2.41. The van der Waals surface area contributed by atoms with Gasteiger partial charge in [0, 0.05) is 6.54 Å². The van der Waals surface area contributed by atoms with Crippen molar-refractivity contribution in [3.63, 3.8) is 0 Å². The van der Waals surface area contributed by atoms with Crippen molar-refractivity contribution in [1.29, 1.82) is 0 Å². The maximum atomic E-state index is 11.8. The molecule has 5 heteroatoms. The quantitative estimate of drug-likeness (QED) is 0.932. The van der Waals surface area contributed by atoms with Gasteiger partial charge in [0.15, 0.2) is 10.8 Å². The topological polar surface area (TPSA) is 54.9 Å². The number of aryl methyl sites for hydroxylation is 1. The number of rotatable bonds is 4. The minimum atomic E-state index is -0.238. The minimum Gasteiger partial charge on any atom is -0.350 e. The molecule has 4 nitrogen and oxygen atoms in total. The van der Waals surface area contributed by atoms with E-state index in [1.165, 1.54) is 11.1 Å². The first kappa shape index (κ1) is 13.5. The van der Waals surface area contributed by atoms with Gasteiger partial charge in [0.25, 0.3) is 5.91 Å². The molecular weight excluding hydrogens is 262 g/mol. The molecule has 0 aliphatic heterocycles. The van der Waals surface area contributed by atoms with Crippen LogP contribution in [-0.4, -0.2) is 22.6 Å². The van der Waals surface area contributed by atoms with Gasteiger partial charge in [0.1, 0.15) is 0 Å². The van der Waals surface area contributed by atoms with Crippen LogP contribution in [0.5, 0.6) is 0 Å². The molecule has 0 spiro atoms. The lowest BCUT2D eigenvalue weighted by Crippen LogP contribution is -2.26. The molecule has 2 aromatic rings. The molecule has 1 aromatic heterocycles. The van der Waals surface area contributed by atoms with Crippen molar-refractivity contribution in [2.24, 2.45) is 0 Å². The second kappa shape index (κ2) is 6.29. The van der Waals surface area contributed by atoms with Gasteiger partial charge in [0.2, 0.25) is 0 Å². The van der Waals surface area contributed by atoms with E-state index in [0.29, 0.717) is 6.54 Å². The smallest absolute Gasteiger partial charge is 0.271 e. The van der Waals surface area contributed by atoms with E-state index >= 15 is 0 Å². The summed E-state index contributed by atoms with van der Waals surface area (Å²) in [4.78, 5) is 11.8. The number of nitrogens with zero attached hydrogens (tertiary/aromatic N) is 2. The molecule has 2 rings (SSSR count). The summed E-state index contributed by atoms with van der Waals surface area (Å²) in [6.07, 6.45) is 0.791. The van der Waals surface area contributed by atoms with Gasteiger partial charge < -0.3 is 5.32 Å². The molecule has 0 fully saturated rings. The third-order valence-corrected chi connectivity index (χ3v) is 3.01. The lowest BCUT2D eigenvalue weighted by Gasteiger charge is -2.06. The summed E-state index contributed by atoms with van der Waals surface area (Å²) in [6.45, 7) is 2.62. The fraction of sp³-hybridized carbons (Fsp3) is 0.214. The highest BCUT2D eigenvalue weighted by Crippen LogP contribution is 2.07. The Morgan fingerprint density at radius 1 is 1.21 bits per heavy atom. The number of hydrogen-bond donors (Lipinski definition) is 1. The van der Waals surface area contributed by atoms with Crippen molar-refractivity contribution in [1.82, 2.24) is 15.5 Å². The average molecular weight is 276 g/mol. The highest BCUT2D eigenvalue weighted by molar-refractivity contribution is 6.29. The summed E-state index contributed by atoms with van der Waals surface area (Å²) in [5.41, 5.74) is 2.72. The lowest BCUT2D eigenvalue weighted by atomic mass is 10.1. The number of benzene rings is 1. The molecule has 98 valence electrons. The second-order valence-corrected chi connectivity index (χ2v) is 4.56. The van der Waals surface area contributed by atoms with E-state index < -0.39 is 0 Å². The molecule has 1 amide bonds. The molecule has 0 radical (unpaired) electrons. The number of halogens is 1. The Morgan fingerprint density at radius 3 is 2.68 bits per heavy atom. The Kier molecular flexibility index (Phi) is 4.47. The van der Waals surface area contributed by atoms with Crippen LogP contribution in [0.1, 0.15) is 21.6 Å². The van der Waals surface area contributed by atoms with Crippen molar-refractivity contribution in [3.05, 3.63) is 58.4 Å². The second-order valence-electron chi connectivity index (χ2n) is 4.17. The maximum Gasteiger partial charge on any atom is 0.271 e. The van der Waals surface area contributed by atoms with Crippen molar-refractivity contribution in [2.45, 2.75) is 13.3 Å². The molecule has 0 unspecified atom stereocenters. The molecule has 0 saturated carbocycles. The fourth-order valence-corrected chi connectivity index (χ4v) is 1.83. The summed E-state index contributed by atoms with van der Waals surface area (Å²) in [5.74, 6) is -0.238. The summed E-state index contributed by atoms with van der Waals surface area (Å²) < 4.78 is 0. The number of hydrogen-bond acceptors (Lipinski definition) is 3. The summed E-state index contributed by atoms with van der Waals surface area (Å²) in [6, 6.07) is 11.2. The van der Waals surface area contributed by atoms with E-state index in [1.54, 1.807) is 12.1 Å². The van der Waals surface area contributed by atoms with Crippen LogP contribution in [0.4, 0.5) is 0 Å². The zero-order chi connectivity index (χ0) is 13.7. The molecule has 1 heterocycles. The molecule has 0 bridgehead atoms. The molecule has 1 aromatic carbocycles. The molecule has 0 saturated heterocycles.